The summed E-state index contributed by atoms with van der Waals surface area (Å²) in [5.41, 5.74) is 6.83. The number of carbonyl (C=O) groups is 1. The molecule has 2 N–H and O–H groups in total. The van der Waals surface area contributed by atoms with Crippen LogP contribution in [0.1, 0.15) is 36.0 Å². The molecular formula is C16H21NO3. The molecule has 0 heterocycles. The van der Waals surface area contributed by atoms with E-state index in [1.807, 2.05) is 0 Å². The van der Waals surface area contributed by atoms with Gasteiger partial charge in [-0.2, -0.15) is 0 Å². The van der Waals surface area contributed by atoms with Gasteiger partial charge in [0.2, 0.25) is 0 Å². The second-order valence-corrected chi connectivity index (χ2v) is 5.99. The zero-order valence-corrected chi connectivity index (χ0v) is 11.8. The minimum absolute atomic E-state index is 0.382. The Morgan fingerprint density at radius 1 is 1.35 bits per heavy atom. The predicted octanol–water partition coefficient (Wildman–Crippen LogP) is 2.87. The monoisotopic (exact) mass is 275 g/mol. The van der Waals surface area contributed by atoms with Crippen LogP contribution in [0.25, 0.3) is 0 Å². The van der Waals surface area contributed by atoms with Crippen molar-refractivity contribution in [3.8, 4) is 5.75 Å². The molecule has 1 aromatic rings. The Morgan fingerprint density at radius 3 is 2.85 bits per heavy atom. The van der Waals surface area contributed by atoms with E-state index in [2.05, 4.69) is 0 Å². The minimum atomic E-state index is -0.382. The first kappa shape index (κ1) is 13.3. The summed E-state index contributed by atoms with van der Waals surface area (Å²) >= 11 is 0. The standard InChI is InChI=1S/C16H21NO3/c1-19-16(18)14-5-4-13(17)8-15(14)20-9-12-7-10-2-3-11(12)6-10/h4-5,8,10-12H,2-3,6-7,9,17H2,1H3. The Morgan fingerprint density at radius 2 is 2.20 bits per heavy atom. The molecule has 4 heteroatoms. The number of benzene rings is 1. The number of rotatable bonds is 4. The largest absolute Gasteiger partial charge is 0.492 e. The van der Waals surface area contributed by atoms with Crippen LogP contribution in [0.4, 0.5) is 5.69 Å². The van der Waals surface area contributed by atoms with Gasteiger partial charge in [-0.3, -0.25) is 0 Å². The number of hydrogen-bond donors (Lipinski definition) is 1. The quantitative estimate of drug-likeness (QED) is 0.678. The second kappa shape index (κ2) is 5.35. The van der Waals surface area contributed by atoms with Gasteiger partial charge in [0, 0.05) is 11.8 Å². The topological polar surface area (TPSA) is 61.5 Å². The molecule has 3 rings (SSSR count). The van der Waals surface area contributed by atoms with Gasteiger partial charge in [0.15, 0.2) is 0 Å². The van der Waals surface area contributed by atoms with Gasteiger partial charge in [0.25, 0.3) is 0 Å². The molecule has 0 aliphatic heterocycles. The molecule has 2 aliphatic carbocycles. The van der Waals surface area contributed by atoms with E-state index in [9.17, 15) is 4.79 Å². The molecular weight excluding hydrogens is 254 g/mol. The summed E-state index contributed by atoms with van der Waals surface area (Å²) in [5, 5.41) is 0. The van der Waals surface area contributed by atoms with Crippen LogP contribution in [0.2, 0.25) is 0 Å². The van der Waals surface area contributed by atoms with Gasteiger partial charge in [-0.25, -0.2) is 4.79 Å². The third kappa shape index (κ3) is 2.47. The van der Waals surface area contributed by atoms with Crippen molar-refractivity contribution in [2.24, 2.45) is 17.8 Å². The summed E-state index contributed by atoms with van der Waals surface area (Å²) in [6, 6.07) is 5.06. The average molecular weight is 275 g/mol. The third-order valence-electron chi connectivity index (χ3n) is 4.75. The molecule has 0 aromatic heterocycles. The van der Waals surface area contributed by atoms with Crippen molar-refractivity contribution in [2.75, 3.05) is 19.5 Å². The molecule has 20 heavy (non-hydrogen) atoms. The number of anilines is 1. The second-order valence-electron chi connectivity index (χ2n) is 5.99. The molecule has 2 saturated carbocycles. The Hall–Kier alpha value is -1.71. The number of fused-ring (bicyclic) bond motifs is 2. The van der Waals surface area contributed by atoms with E-state index < -0.39 is 0 Å². The fourth-order valence-corrected chi connectivity index (χ4v) is 3.71. The molecule has 0 spiro atoms. The molecule has 3 atom stereocenters. The molecule has 1 aromatic carbocycles. The van der Waals surface area contributed by atoms with Crippen molar-refractivity contribution in [1.82, 2.24) is 0 Å². The lowest BCUT2D eigenvalue weighted by atomic mass is 9.89. The fraction of sp³-hybridized carbons (Fsp3) is 0.562. The van der Waals surface area contributed by atoms with Gasteiger partial charge in [0.05, 0.1) is 13.7 Å². The molecule has 0 radical (unpaired) electrons. The third-order valence-corrected chi connectivity index (χ3v) is 4.75. The van der Waals surface area contributed by atoms with Crippen LogP contribution in [0.5, 0.6) is 5.75 Å². The van der Waals surface area contributed by atoms with E-state index in [0.717, 1.165) is 11.8 Å². The van der Waals surface area contributed by atoms with Gasteiger partial charge in [-0.05, 0) is 49.1 Å². The van der Waals surface area contributed by atoms with Crippen molar-refractivity contribution >= 4 is 11.7 Å². The summed E-state index contributed by atoms with van der Waals surface area (Å²) < 4.78 is 10.7. The Bertz CT molecular complexity index is 514. The van der Waals surface area contributed by atoms with Gasteiger partial charge >= 0.3 is 5.97 Å². The number of methoxy groups -OCH3 is 1. The highest BCUT2D eigenvalue weighted by Crippen LogP contribution is 2.48. The van der Waals surface area contributed by atoms with Crippen molar-refractivity contribution in [1.29, 1.82) is 0 Å². The lowest BCUT2D eigenvalue weighted by Gasteiger charge is -2.22. The zero-order chi connectivity index (χ0) is 14.1. The van der Waals surface area contributed by atoms with Crippen LogP contribution in [-0.4, -0.2) is 19.7 Å². The first-order valence-corrected chi connectivity index (χ1v) is 7.28. The fourth-order valence-electron chi connectivity index (χ4n) is 3.71. The van der Waals surface area contributed by atoms with Crippen LogP contribution in [-0.2, 0) is 4.74 Å². The summed E-state index contributed by atoms with van der Waals surface area (Å²) in [6.45, 7) is 0.675. The molecule has 2 aliphatic rings. The highest BCUT2D eigenvalue weighted by molar-refractivity contribution is 5.93. The normalized spacial score (nSPS) is 27.6. The average Bonchev–Trinajstić information content (AvgIpc) is 3.07. The van der Waals surface area contributed by atoms with Gasteiger partial charge < -0.3 is 15.2 Å². The van der Waals surface area contributed by atoms with E-state index in [4.69, 9.17) is 15.2 Å². The smallest absolute Gasteiger partial charge is 0.341 e. The van der Waals surface area contributed by atoms with Crippen LogP contribution in [0.15, 0.2) is 18.2 Å². The summed E-state index contributed by atoms with van der Waals surface area (Å²) in [7, 11) is 1.37. The molecule has 0 amide bonds. The van der Waals surface area contributed by atoms with Crippen molar-refractivity contribution in [2.45, 2.75) is 25.7 Å². The predicted molar refractivity (Wildman–Crippen MR) is 76.6 cm³/mol. The van der Waals surface area contributed by atoms with E-state index in [0.29, 0.717) is 29.5 Å². The van der Waals surface area contributed by atoms with Gasteiger partial charge in [0.1, 0.15) is 11.3 Å². The van der Waals surface area contributed by atoms with Crippen LogP contribution in [0, 0.1) is 17.8 Å². The zero-order valence-electron chi connectivity index (χ0n) is 11.8. The van der Waals surface area contributed by atoms with Crippen LogP contribution >= 0.6 is 0 Å². The van der Waals surface area contributed by atoms with E-state index in [1.54, 1.807) is 18.2 Å². The SMILES string of the molecule is COC(=O)c1ccc(N)cc1OCC1CC2CCC1C2. The molecule has 4 nitrogen and oxygen atoms in total. The Labute approximate surface area is 119 Å². The van der Waals surface area contributed by atoms with Crippen molar-refractivity contribution in [3.63, 3.8) is 0 Å². The molecule has 3 unspecified atom stereocenters. The van der Waals surface area contributed by atoms with Crippen LogP contribution < -0.4 is 10.5 Å². The molecule has 2 bridgehead atoms. The van der Waals surface area contributed by atoms with E-state index >= 15 is 0 Å². The summed E-state index contributed by atoms with van der Waals surface area (Å²) in [4.78, 5) is 11.7. The number of nitrogen functional groups attached to an aromatic ring is 1. The lowest BCUT2D eigenvalue weighted by Crippen LogP contribution is -2.19. The maximum atomic E-state index is 11.7. The van der Waals surface area contributed by atoms with Crippen molar-refractivity contribution < 1.29 is 14.3 Å². The molecule has 108 valence electrons. The highest BCUT2D eigenvalue weighted by Gasteiger charge is 2.39. The number of esters is 1. The summed E-state index contributed by atoms with van der Waals surface area (Å²) in [6.07, 6.45) is 5.34. The molecule has 2 fully saturated rings. The minimum Gasteiger partial charge on any atom is -0.492 e. The number of nitrogens with two attached hydrogens (primary N) is 1. The number of carbonyl (C=O) groups excluding carboxylic acids is 1. The van der Waals surface area contributed by atoms with Gasteiger partial charge in [-0.15, -0.1) is 0 Å². The summed E-state index contributed by atoms with van der Waals surface area (Å²) in [5.74, 6) is 2.49. The van der Waals surface area contributed by atoms with Crippen molar-refractivity contribution in [3.05, 3.63) is 23.8 Å². The lowest BCUT2D eigenvalue weighted by molar-refractivity contribution is 0.0594. The van der Waals surface area contributed by atoms with Gasteiger partial charge in [-0.1, -0.05) is 6.42 Å². The first-order valence-electron chi connectivity index (χ1n) is 7.28. The Balaban J connectivity index is 1.70. The maximum absolute atomic E-state index is 11.7. The Kier molecular flexibility index (Phi) is 3.55. The van der Waals surface area contributed by atoms with Crippen LogP contribution in [0.3, 0.4) is 0 Å². The highest BCUT2D eigenvalue weighted by atomic mass is 16.5. The number of ether oxygens (including phenoxy) is 2. The van der Waals surface area contributed by atoms with E-state index in [1.165, 1.54) is 32.8 Å². The first-order chi connectivity index (χ1) is 9.67. The maximum Gasteiger partial charge on any atom is 0.341 e. The molecule has 0 saturated heterocycles. The van der Waals surface area contributed by atoms with E-state index in [-0.39, 0.29) is 5.97 Å². The number of hydrogen-bond acceptors (Lipinski definition) is 4.